The van der Waals surface area contributed by atoms with Crippen molar-refractivity contribution in [3.63, 3.8) is 0 Å². The number of aromatic nitrogens is 1. The van der Waals surface area contributed by atoms with E-state index in [4.69, 9.17) is 0 Å². The molecular weight excluding hydrogens is 349 g/mol. The number of nitrogens with zero attached hydrogens (tertiary/aromatic N) is 1. The van der Waals surface area contributed by atoms with Crippen molar-refractivity contribution in [1.82, 2.24) is 4.98 Å². The molecule has 8 heteroatoms. The highest BCUT2D eigenvalue weighted by Gasteiger charge is 2.21. The van der Waals surface area contributed by atoms with Gasteiger partial charge in [0.05, 0.1) is 5.69 Å². The first kappa shape index (κ1) is 14.7. The first-order valence-electron chi connectivity index (χ1n) is 5.55. The Balaban J connectivity index is 2.47. The summed E-state index contributed by atoms with van der Waals surface area (Å²) < 4.78 is 40.8. The molecule has 0 aliphatic rings. The summed E-state index contributed by atoms with van der Waals surface area (Å²) in [5.41, 5.74) is -0.140. The van der Waals surface area contributed by atoms with Gasteiger partial charge in [0.25, 0.3) is 10.0 Å². The minimum atomic E-state index is -3.95. The van der Waals surface area contributed by atoms with Gasteiger partial charge >= 0.3 is 0 Å². The minimum absolute atomic E-state index is 0.0577. The maximum atomic E-state index is 13.7. The van der Waals surface area contributed by atoms with E-state index in [2.05, 4.69) is 31.0 Å². The van der Waals surface area contributed by atoms with E-state index < -0.39 is 15.8 Å². The highest BCUT2D eigenvalue weighted by atomic mass is 79.9. The van der Waals surface area contributed by atoms with Crippen molar-refractivity contribution in [1.29, 1.82) is 0 Å². The van der Waals surface area contributed by atoms with Crippen LogP contribution in [0.5, 0.6) is 0 Å². The fourth-order valence-corrected chi connectivity index (χ4v) is 3.41. The molecule has 0 spiro atoms. The Morgan fingerprint density at radius 1 is 1.25 bits per heavy atom. The van der Waals surface area contributed by atoms with E-state index in [0.29, 0.717) is 4.47 Å². The van der Waals surface area contributed by atoms with Gasteiger partial charge in [-0.15, -0.1) is 0 Å². The van der Waals surface area contributed by atoms with E-state index in [0.717, 1.165) is 0 Å². The molecule has 1 heterocycles. The molecule has 2 N–H and O–H groups in total. The molecule has 0 saturated carbocycles. The van der Waals surface area contributed by atoms with Crippen molar-refractivity contribution in [3.8, 4) is 0 Å². The zero-order valence-electron chi connectivity index (χ0n) is 10.4. The molecule has 0 aliphatic carbocycles. The molecule has 2 rings (SSSR count). The van der Waals surface area contributed by atoms with Gasteiger partial charge in [-0.05, 0) is 40.2 Å². The lowest BCUT2D eigenvalue weighted by molar-refractivity contribution is 0.598. The van der Waals surface area contributed by atoms with Crippen molar-refractivity contribution >= 4 is 37.5 Å². The lowest BCUT2D eigenvalue weighted by atomic mass is 10.3. The SMILES string of the molecule is CNc1ncccc1S(=O)(=O)Nc1c(F)cccc1Br. The first-order chi connectivity index (χ1) is 9.45. The summed E-state index contributed by atoms with van der Waals surface area (Å²) in [6, 6.07) is 7.07. The number of hydrogen-bond acceptors (Lipinski definition) is 4. The van der Waals surface area contributed by atoms with Crippen LogP contribution in [0.4, 0.5) is 15.9 Å². The van der Waals surface area contributed by atoms with Crippen LogP contribution in [0, 0.1) is 5.82 Å². The Morgan fingerprint density at radius 2 is 2.00 bits per heavy atom. The summed E-state index contributed by atoms with van der Waals surface area (Å²) in [6.07, 6.45) is 1.46. The lowest BCUT2D eigenvalue weighted by Crippen LogP contribution is -2.16. The third-order valence-corrected chi connectivity index (χ3v) is 4.54. The summed E-state index contributed by atoms with van der Waals surface area (Å²) in [5.74, 6) is -0.481. The van der Waals surface area contributed by atoms with Crippen LogP contribution in [0.15, 0.2) is 45.9 Å². The van der Waals surface area contributed by atoms with Gasteiger partial charge in [0.2, 0.25) is 0 Å². The average Bonchev–Trinajstić information content (AvgIpc) is 2.43. The molecule has 0 aliphatic heterocycles. The largest absolute Gasteiger partial charge is 0.372 e. The Hall–Kier alpha value is -1.67. The number of nitrogens with one attached hydrogen (secondary N) is 2. The summed E-state index contributed by atoms with van der Waals surface area (Å²) in [4.78, 5) is 3.86. The van der Waals surface area contributed by atoms with E-state index in [9.17, 15) is 12.8 Å². The van der Waals surface area contributed by atoms with Gasteiger partial charge in [-0.2, -0.15) is 0 Å². The quantitative estimate of drug-likeness (QED) is 0.880. The Kier molecular flexibility index (Phi) is 4.24. The first-order valence-corrected chi connectivity index (χ1v) is 7.83. The molecule has 0 radical (unpaired) electrons. The van der Waals surface area contributed by atoms with Crippen molar-refractivity contribution in [2.45, 2.75) is 4.90 Å². The minimum Gasteiger partial charge on any atom is -0.372 e. The molecule has 106 valence electrons. The number of hydrogen-bond donors (Lipinski definition) is 2. The van der Waals surface area contributed by atoms with Gasteiger partial charge in [0.1, 0.15) is 16.5 Å². The second-order valence-electron chi connectivity index (χ2n) is 3.80. The van der Waals surface area contributed by atoms with Gasteiger partial charge in [-0.3, -0.25) is 4.72 Å². The Bertz CT molecular complexity index is 717. The molecule has 5 nitrogen and oxygen atoms in total. The Labute approximate surface area is 124 Å². The molecule has 0 bridgehead atoms. The van der Waals surface area contributed by atoms with Crippen molar-refractivity contribution in [2.24, 2.45) is 0 Å². The predicted molar refractivity (Wildman–Crippen MR) is 78.7 cm³/mol. The Morgan fingerprint density at radius 3 is 2.65 bits per heavy atom. The van der Waals surface area contributed by atoms with Crippen LogP contribution in [-0.2, 0) is 10.0 Å². The molecule has 0 fully saturated rings. The summed E-state index contributed by atoms with van der Waals surface area (Å²) in [7, 11) is -2.39. The predicted octanol–water partition coefficient (Wildman–Crippen LogP) is 2.83. The van der Waals surface area contributed by atoms with Gasteiger partial charge in [0, 0.05) is 17.7 Å². The normalized spacial score (nSPS) is 11.2. The van der Waals surface area contributed by atoms with Crippen molar-refractivity contribution in [2.75, 3.05) is 17.1 Å². The number of anilines is 2. The van der Waals surface area contributed by atoms with Gasteiger partial charge in [-0.1, -0.05) is 6.07 Å². The van der Waals surface area contributed by atoms with Crippen LogP contribution >= 0.6 is 15.9 Å². The molecule has 0 amide bonds. The molecule has 20 heavy (non-hydrogen) atoms. The second-order valence-corrected chi connectivity index (χ2v) is 6.31. The average molecular weight is 360 g/mol. The summed E-state index contributed by atoms with van der Waals surface area (Å²) in [5, 5.41) is 2.68. The van der Waals surface area contributed by atoms with E-state index >= 15 is 0 Å². The molecule has 2 aromatic rings. The van der Waals surface area contributed by atoms with Crippen LogP contribution < -0.4 is 10.0 Å². The standard InChI is InChI=1S/C12H11BrFN3O2S/c1-15-12-10(6-3-7-16-12)20(18,19)17-11-8(13)4-2-5-9(11)14/h2-7,17H,1H3,(H,15,16). The zero-order valence-corrected chi connectivity index (χ0v) is 12.8. The summed E-state index contributed by atoms with van der Waals surface area (Å²) >= 11 is 3.11. The molecule has 1 aromatic carbocycles. The number of rotatable bonds is 4. The summed E-state index contributed by atoms with van der Waals surface area (Å²) in [6.45, 7) is 0. The highest BCUT2D eigenvalue weighted by molar-refractivity contribution is 9.10. The molecular formula is C12H11BrFN3O2S. The number of pyridine rings is 1. The molecule has 0 atom stereocenters. The number of para-hydroxylation sites is 1. The van der Waals surface area contributed by atoms with Gasteiger partial charge < -0.3 is 5.32 Å². The van der Waals surface area contributed by atoms with Crippen molar-refractivity contribution in [3.05, 3.63) is 46.8 Å². The van der Waals surface area contributed by atoms with Crippen LogP contribution in [0.2, 0.25) is 0 Å². The van der Waals surface area contributed by atoms with E-state index in [-0.39, 0.29) is 16.4 Å². The van der Waals surface area contributed by atoms with Gasteiger partial charge in [0.15, 0.2) is 0 Å². The fraction of sp³-hybridized carbons (Fsp3) is 0.0833. The van der Waals surface area contributed by atoms with Crippen LogP contribution in [0.1, 0.15) is 0 Å². The molecule has 0 unspecified atom stereocenters. The van der Waals surface area contributed by atoms with Crippen LogP contribution in [0.25, 0.3) is 0 Å². The van der Waals surface area contributed by atoms with E-state index in [1.54, 1.807) is 13.1 Å². The third kappa shape index (κ3) is 2.91. The number of sulfonamides is 1. The number of halogens is 2. The maximum Gasteiger partial charge on any atom is 0.265 e. The van der Waals surface area contributed by atoms with Crippen LogP contribution in [0.3, 0.4) is 0 Å². The monoisotopic (exact) mass is 359 g/mol. The van der Waals surface area contributed by atoms with Gasteiger partial charge in [-0.25, -0.2) is 17.8 Å². The zero-order chi connectivity index (χ0) is 14.8. The smallest absolute Gasteiger partial charge is 0.265 e. The van der Waals surface area contributed by atoms with Crippen LogP contribution in [-0.4, -0.2) is 20.4 Å². The van der Waals surface area contributed by atoms with E-state index in [1.165, 1.54) is 30.5 Å². The highest BCUT2D eigenvalue weighted by Crippen LogP contribution is 2.29. The maximum absolute atomic E-state index is 13.7. The number of benzene rings is 1. The fourth-order valence-electron chi connectivity index (χ4n) is 1.58. The third-order valence-electron chi connectivity index (χ3n) is 2.50. The molecule has 1 aromatic heterocycles. The topological polar surface area (TPSA) is 71.1 Å². The second kappa shape index (κ2) is 5.76. The van der Waals surface area contributed by atoms with E-state index in [1.807, 2.05) is 0 Å². The molecule has 0 saturated heterocycles. The lowest BCUT2D eigenvalue weighted by Gasteiger charge is -2.12. The van der Waals surface area contributed by atoms with Crippen molar-refractivity contribution < 1.29 is 12.8 Å².